The Hall–Kier alpha value is -3.09. The third kappa shape index (κ3) is 9.37. The maximum absolute atomic E-state index is 11.9. The van der Waals surface area contributed by atoms with Gasteiger partial charge in [-0.3, -0.25) is 4.98 Å². The first-order valence-electron chi connectivity index (χ1n) is 8.03. The molecule has 0 aliphatic heterocycles. The van der Waals surface area contributed by atoms with Gasteiger partial charge in [0.25, 0.3) is 0 Å². The van der Waals surface area contributed by atoms with Gasteiger partial charge in [-0.05, 0) is 30.3 Å². The van der Waals surface area contributed by atoms with Gasteiger partial charge in [0.15, 0.2) is 12.4 Å². The summed E-state index contributed by atoms with van der Waals surface area (Å²) in [5, 5.41) is 9.84. The molecule has 3 heterocycles. The predicted molar refractivity (Wildman–Crippen MR) is 93.9 cm³/mol. The van der Waals surface area contributed by atoms with E-state index in [0.29, 0.717) is 6.20 Å². The van der Waals surface area contributed by atoms with E-state index >= 15 is 0 Å². The van der Waals surface area contributed by atoms with E-state index < -0.39 is 40.4 Å². The monoisotopic (exact) mass is 491 g/mol. The molecule has 0 aliphatic carbocycles. The Kier molecular flexibility index (Phi) is 9.24. The number of aromatic nitrogens is 3. The second kappa shape index (κ2) is 11.0. The molecule has 32 heavy (non-hydrogen) atoms. The first-order chi connectivity index (χ1) is 14.6. The van der Waals surface area contributed by atoms with E-state index in [4.69, 9.17) is 11.6 Å². The van der Waals surface area contributed by atoms with Crippen LogP contribution in [0.1, 0.15) is 16.7 Å². The number of rotatable bonds is 0. The Morgan fingerprint density at radius 2 is 1.31 bits per heavy atom. The van der Waals surface area contributed by atoms with E-state index in [0.717, 1.165) is 36.7 Å². The van der Waals surface area contributed by atoms with Gasteiger partial charge < -0.3 is 5.21 Å². The minimum absolute atomic E-state index is 0.114. The normalized spacial score (nSPS) is 11.6. The lowest BCUT2D eigenvalue weighted by atomic mass is 10.3. The summed E-state index contributed by atoms with van der Waals surface area (Å²) in [5.74, 6) is 0. The van der Waals surface area contributed by atoms with Crippen molar-refractivity contribution in [2.45, 2.75) is 18.5 Å². The highest BCUT2D eigenvalue weighted by Gasteiger charge is 2.33. The number of nitrogens with zero attached hydrogens (tertiary/aromatic N) is 3. The summed E-state index contributed by atoms with van der Waals surface area (Å²) >= 11 is 5.18. The molecule has 3 aromatic rings. The molecule has 0 unspecified atom stereocenters. The molecule has 0 aliphatic rings. The number of pyridine rings is 3. The van der Waals surface area contributed by atoms with E-state index in [1.165, 1.54) is 24.5 Å². The molecular formula is C18H11ClF9N3O. The summed E-state index contributed by atoms with van der Waals surface area (Å²) < 4.78 is 107. The molecule has 0 bridgehead atoms. The molecule has 0 radical (unpaired) electrons. The van der Waals surface area contributed by atoms with Crippen molar-refractivity contribution in [3.8, 4) is 0 Å². The second-order valence-electron chi connectivity index (χ2n) is 5.53. The summed E-state index contributed by atoms with van der Waals surface area (Å²) in [5.41, 5.74) is -2.55. The Morgan fingerprint density at radius 3 is 1.66 bits per heavy atom. The van der Waals surface area contributed by atoms with Crippen LogP contribution in [0.3, 0.4) is 0 Å². The SMILES string of the molecule is FC(F)(F)c1cccnc1.FC(F)(F)c1cccnc1Cl.[O-][n+]1cccc(C(F)(F)F)c1. The van der Waals surface area contributed by atoms with E-state index in [-0.39, 0.29) is 4.73 Å². The zero-order valence-corrected chi connectivity index (χ0v) is 16.1. The van der Waals surface area contributed by atoms with Crippen molar-refractivity contribution < 1.29 is 44.2 Å². The van der Waals surface area contributed by atoms with Gasteiger partial charge in [0.2, 0.25) is 0 Å². The van der Waals surface area contributed by atoms with Gasteiger partial charge >= 0.3 is 18.5 Å². The molecule has 174 valence electrons. The first kappa shape index (κ1) is 26.9. The van der Waals surface area contributed by atoms with Crippen LogP contribution in [0.5, 0.6) is 0 Å². The quantitative estimate of drug-likeness (QED) is 0.163. The summed E-state index contributed by atoms with van der Waals surface area (Å²) in [4.78, 5) is 6.62. The van der Waals surface area contributed by atoms with Gasteiger partial charge in [0, 0.05) is 24.7 Å². The van der Waals surface area contributed by atoms with Crippen molar-refractivity contribution in [3.63, 3.8) is 0 Å². The average molecular weight is 492 g/mol. The molecule has 0 aromatic carbocycles. The van der Waals surface area contributed by atoms with Gasteiger partial charge in [-0.2, -0.15) is 44.2 Å². The van der Waals surface area contributed by atoms with Crippen molar-refractivity contribution in [1.29, 1.82) is 0 Å². The molecule has 0 N–H and O–H groups in total. The Labute approximate surface area is 179 Å². The van der Waals surface area contributed by atoms with Crippen LogP contribution >= 0.6 is 11.6 Å². The maximum atomic E-state index is 11.9. The van der Waals surface area contributed by atoms with Crippen LogP contribution in [-0.2, 0) is 18.5 Å². The zero-order valence-electron chi connectivity index (χ0n) is 15.4. The lowest BCUT2D eigenvalue weighted by molar-refractivity contribution is -0.606. The Morgan fingerprint density at radius 1 is 0.750 bits per heavy atom. The highest BCUT2D eigenvalue weighted by molar-refractivity contribution is 6.30. The van der Waals surface area contributed by atoms with Gasteiger partial charge in [0.05, 0.1) is 11.1 Å². The molecule has 0 fully saturated rings. The lowest BCUT2D eigenvalue weighted by Gasteiger charge is -2.05. The standard InChI is InChI=1S/C6H3ClF3N.C6H4F3NO.C6H4F3N/c7-5-4(6(8,9)10)2-1-3-11-5;7-6(8,9)5-2-1-3-10(11)4-5;7-6(8,9)5-2-1-3-10-4-5/h1-3H;1-4H;1-4H. The fourth-order valence-corrected chi connectivity index (χ4v) is 1.98. The van der Waals surface area contributed by atoms with Crippen molar-refractivity contribution in [2.75, 3.05) is 0 Å². The topological polar surface area (TPSA) is 52.7 Å². The van der Waals surface area contributed by atoms with Crippen LogP contribution in [0.25, 0.3) is 0 Å². The van der Waals surface area contributed by atoms with E-state index in [1.54, 1.807) is 0 Å². The number of hydrogen-bond donors (Lipinski definition) is 0. The third-order valence-electron chi connectivity index (χ3n) is 3.16. The largest absolute Gasteiger partial charge is 0.619 e. The zero-order chi connectivity index (χ0) is 24.6. The van der Waals surface area contributed by atoms with Crippen LogP contribution in [-0.4, -0.2) is 9.97 Å². The van der Waals surface area contributed by atoms with Crippen molar-refractivity contribution in [3.05, 3.63) is 94.4 Å². The fraction of sp³-hybridized carbons (Fsp3) is 0.167. The molecule has 4 nitrogen and oxygen atoms in total. The van der Waals surface area contributed by atoms with Crippen LogP contribution in [0.2, 0.25) is 5.15 Å². The second-order valence-corrected chi connectivity index (χ2v) is 5.89. The molecule has 3 aromatic heterocycles. The van der Waals surface area contributed by atoms with Crippen LogP contribution in [0.4, 0.5) is 39.5 Å². The predicted octanol–water partition coefficient (Wildman–Crippen LogP) is 6.19. The van der Waals surface area contributed by atoms with Crippen LogP contribution < -0.4 is 4.73 Å². The molecular weight excluding hydrogens is 481 g/mol. The highest BCUT2D eigenvalue weighted by Crippen LogP contribution is 2.32. The smallest absolute Gasteiger partial charge is 0.422 e. The molecule has 0 atom stereocenters. The molecule has 0 saturated carbocycles. The summed E-state index contributed by atoms with van der Waals surface area (Å²) in [6, 6.07) is 6.20. The van der Waals surface area contributed by atoms with Crippen LogP contribution in [0.15, 0.2) is 67.4 Å². The van der Waals surface area contributed by atoms with Gasteiger partial charge in [-0.25, -0.2) is 4.98 Å². The fourth-order valence-electron chi connectivity index (χ4n) is 1.75. The van der Waals surface area contributed by atoms with Crippen molar-refractivity contribution in [1.82, 2.24) is 9.97 Å². The van der Waals surface area contributed by atoms with E-state index in [1.807, 2.05) is 0 Å². The summed E-state index contributed by atoms with van der Waals surface area (Å²) in [6.45, 7) is 0. The molecule has 0 saturated heterocycles. The van der Waals surface area contributed by atoms with Crippen molar-refractivity contribution in [2.24, 2.45) is 0 Å². The minimum atomic E-state index is -4.44. The van der Waals surface area contributed by atoms with Gasteiger partial charge in [-0.15, -0.1) is 0 Å². The molecule has 0 spiro atoms. The molecule has 3 rings (SSSR count). The summed E-state index contributed by atoms with van der Waals surface area (Å²) in [7, 11) is 0. The summed E-state index contributed by atoms with van der Waals surface area (Å²) in [6.07, 6.45) is -8.34. The van der Waals surface area contributed by atoms with Gasteiger partial charge in [0.1, 0.15) is 10.7 Å². The third-order valence-corrected chi connectivity index (χ3v) is 3.46. The molecule has 0 amide bonds. The number of halogens is 10. The van der Waals surface area contributed by atoms with Crippen molar-refractivity contribution >= 4 is 11.6 Å². The minimum Gasteiger partial charge on any atom is -0.619 e. The number of hydrogen-bond acceptors (Lipinski definition) is 3. The van der Waals surface area contributed by atoms with E-state index in [9.17, 15) is 44.7 Å². The van der Waals surface area contributed by atoms with E-state index in [2.05, 4.69) is 9.97 Å². The molecule has 14 heteroatoms. The number of alkyl halides is 9. The lowest BCUT2D eigenvalue weighted by Crippen LogP contribution is -2.26. The Balaban J connectivity index is 0.000000240. The van der Waals surface area contributed by atoms with Crippen LogP contribution in [0, 0.1) is 5.21 Å². The van der Waals surface area contributed by atoms with Gasteiger partial charge in [-0.1, -0.05) is 11.6 Å². The average Bonchev–Trinajstić information content (AvgIpc) is 2.68. The first-order valence-corrected chi connectivity index (χ1v) is 8.41. The maximum Gasteiger partial charge on any atom is 0.422 e. The Bertz CT molecular complexity index is 978. The highest BCUT2D eigenvalue weighted by atomic mass is 35.5.